The number of halogens is 1. The topological polar surface area (TPSA) is 74.1 Å². The number of tetrazole rings is 1. The molecule has 0 spiro atoms. The van der Waals surface area contributed by atoms with E-state index in [-0.39, 0.29) is 12.1 Å². The zero-order valence-corrected chi connectivity index (χ0v) is 15.8. The zero-order valence-electron chi connectivity index (χ0n) is 15.1. The van der Waals surface area contributed by atoms with Crippen LogP contribution in [0.25, 0.3) is 0 Å². The Morgan fingerprint density at radius 3 is 2.67 bits per heavy atom. The maximum atomic E-state index is 6.03. The van der Waals surface area contributed by atoms with Crippen molar-refractivity contribution < 1.29 is 9.47 Å². The van der Waals surface area contributed by atoms with Crippen LogP contribution in [0.15, 0.2) is 42.5 Å². The van der Waals surface area contributed by atoms with Crippen molar-refractivity contribution in [1.29, 1.82) is 0 Å². The first kappa shape index (κ1) is 17.6. The average Bonchev–Trinajstić information content (AvgIpc) is 3.17. The number of methoxy groups -OCH3 is 1. The number of rotatable bonds is 5. The molecule has 1 aromatic heterocycles. The lowest BCUT2D eigenvalue weighted by atomic mass is 9.93. The number of hydrogen-bond acceptors (Lipinski definition) is 6. The van der Waals surface area contributed by atoms with Crippen LogP contribution in [0.1, 0.15) is 36.6 Å². The first-order valence-electron chi connectivity index (χ1n) is 8.80. The first-order valence-corrected chi connectivity index (χ1v) is 9.18. The lowest BCUT2D eigenvalue weighted by molar-refractivity contribution is 0.310. The highest BCUT2D eigenvalue weighted by Crippen LogP contribution is 2.39. The van der Waals surface area contributed by atoms with E-state index in [4.69, 9.17) is 21.1 Å². The molecule has 27 heavy (non-hydrogen) atoms. The van der Waals surface area contributed by atoms with Crippen LogP contribution >= 0.6 is 11.6 Å². The summed E-state index contributed by atoms with van der Waals surface area (Å²) in [6.45, 7) is 2.53. The zero-order chi connectivity index (χ0) is 18.8. The minimum atomic E-state index is -0.0264. The van der Waals surface area contributed by atoms with Gasteiger partial charge in [0.05, 0.1) is 25.8 Å². The Balaban J connectivity index is 1.70. The molecule has 2 atom stereocenters. The van der Waals surface area contributed by atoms with E-state index in [9.17, 15) is 0 Å². The SMILES string of the molecule is CCOc1ccc([C@H]2C[C@@H](c3ccc(Cl)cc3)Nc3nnnn32)cc1OC. The minimum Gasteiger partial charge on any atom is -0.493 e. The molecule has 0 radical (unpaired) electrons. The van der Waals surface area contributed by atoms with E-state index >= 15 is 0 Å². The van der Waals surface area contributed by atoms with Crippen molar-refractivity contribution in [3.8, 4) is 11.5 Å². The van der Waals surface area contributed by atoms with E-state index in [1.54, 1.807) is 7.11 Å². The third kappa shape index (κ3) is 3.42. The van der Waals surface area contributed by atoms with E-state index in [2.05, 4.69) is 20.8 Å². The summed E-state index contributed by atoms with van der Waals surface area (Å²) in [4.78, 5) is 0. The van der Waals surface area contributed by atoms with Crippen molar-refractivity contribution >= 4 is 17.5 Å². The van der Waals surface area contributed by atoms with Gasteiger partial charge in [0.1, 0.15) is 0 Å². The van der Waals surface area contributed by atoms with Gasteiger partial charge in [-0.05, 0) is 59.2 Å². The molecule has 2 heterocycles. The van der Waals surface area contributed by atoms with Crippen LogP contribution in [0, 0.1) is 0 Å². The van der Waals surface area contributed by atoms with E-state index in [1.165, 1.54) is 0 Å². The number of benzene rings is 2. The fourth-order valence-corrected chi connectivity index (χ4v) is 3.52. The summed E-state index contributed by atoms with van der Waals surface area (Å²) in [6.07, 6.45) is 0.789. The molecule has 0 fully saturated rings. The second-order valence-corrected chi connectivity index (χ2v) is 6.73. The fourth-order valence-electron chi connectivity index (χ4n) is 3.39. The Morgan fingerprint density at radius 2 is 1.93 bits per heavy atom. The van der Waals surface area contributed by atoms with Gasteiger partial charge in [-0.15, -0.1) is 0 Å². The monoisotopic (exact) mass is 385 g/mol. The van der Waals surface area contributed by atoms with Gasteiger partial charge in [0, 0.05) is 5.02 Å². The molecule has 7 nitrogen and oxygen atoms in total. The number of nitrogens with zero attached hydrogens (tertiary/aromatic N) is 4. The van der Waals surface area contributed by atoms with Crippen LogP contribution in [-0.4, -0.2) is 33.9 Å². The summed E-state index contributed by atoms with van der Waals surface area (Å²) in [5, 5.41) is 16.2. The second kappa shape index (κ2) is 7.44. The molecule has 0 aliphatic carbocycles. The summed E-state index contributed by atoms with van der Waals surface area (Å²) in [5.41, 5.74) is 2.20. The van der Waals surface area contributed by atoms with Crippen molar-refractivity contribution in [2.24, 2.45) is 0 Å². The summed E-state index contributed by atoms with van der Waals surface area (Å²) in [6, 6.07) is 13.8. The number of ether oxygens (including phenoxy) is 2. The molecule has 1 N–H and O–H groups in total. The van der Waals surface area contributed by atoms with Crippen LogP contribution < -0.4 is 14.8 Å². The third-order valence-electron chi connectivity index (χ3n) is 4.69. The number of nitrogens with one attached hydrogen (secondary N) is 1. The molecule has 140 valence electrons. The normalized spacial score (nSPS) is 18.5. The Morgan fingerprint density at radius 1 is 1.15 bits per heavy atom. The molecule has 8 heteroatoms. The van der Waals surface area contributed by atoms with Crippen molar-refractivity contribution in [3.63, 3.8) is 0 Å². The number of fused-ring (bicyclic) bond motifs is 1. The number of anilines is 1. The lowest BCUT2D eigenvalue weighted by Crippen LogP contribution is -2.28. The molecule has 2 aromatic carbocycles. The second-order valence-electron chi connectivity index (χ2n) is 6.29. The van der Waals surface area contributed by atoms with Crippen LogP contribution in [0.4, 0.5) is 5.95 Å². The van der Waals surface area contributed by atoms with Gasteiger partial charge in [0.15, 0.2) is 11.5 Å². The Hall–Kier alpha value is -2.80. The molecule has 0 unspecified atom stereocenters. The Bertz CT molecular complexity index is 928. The van der Waals surface area contributed by atoms with Crippen molar-refractivity contribution in [2.75, 3.05) is 19.0 Å². The van der Waals surface area contributed by atoms with Gasteiger partial charge >= 0.3 is 0 Å². The van der Waals surface area contributed by atoms with E-state index in [0.717, 1.165) is 23.3 Å². The number of aromatic nitrogens is 4. The largest absolute Gasteiger partial charge is 0.493 e. The predicted molar refractivity (Wildman–Crippen MR) is 103 cm³/mol. The van der Waals surface area contributed by atoms with Crippen molar-refractivity contribution in [2.45, 2.75) is 25.4 Å². The highest BCUT2D eigenvalue weighted by Gasteiger charge is 2.31. The summed E-state index contributed by atoms with van der Waals surface area (Å²) in [5.74, 6) is 2.06. The summed E-state index contributed by atoms with van der Waals surface area (Å²) >= 11 is 6.03. The van der Waals surface area contributed by atoms with Crippen LogP contribution in [0.3, 0.4) is 0 Å². The highest BCUT2D eigenvalue weighted by atomic mass is 35.5. The third-order valence-corrected chi connectivity index (χ3v) is 4.95. The van der Waals surface area contributed by atoms with Crippen molar-refractivity contribution in [3.05, 3.63) is 58.6 Å². The molecule has 0 amide bonds. The van der Waals surface area contributed by atoms with Gasteiger partial charge in [-0.25, -0.2) is 4.68 Å². The predicted octanol–water partition coefficient (Wildman–Crippen LogP) is 3.88. The Kier molecular flexibility index (Phi) is 4.85. The minimum absolute atomic E-state index is 0.0264. The molecular weight excluding hydrogens is 366 g/mol. The smallest absolute Gasteiger partial charge is 0.243 e. The van der Waals surface area contributed by atoms with E-state index < -0.39 is 0 Å². The highest BCUT2D eigenvalue weighted by molar-refractivity contribution is 6.30. The average molecular weight is 386 g/mol. The molecular formula is C19H20ClN5O2. The van der Waals surface area contributed by atoms with Gasteiger partial charge in [0.25, 0.3) is 0 Å². The van der Waals surface area contributed by atoms with Gasteiger partial charge in [-0.2, -0.15) is 0 Å². The van der Waals surface area contributed by atoms with E-state index in [1.807, 2.05) is 54.1 Å². The molecule has 0 saturated heterocycles. The standard InChI is InChI=1S/C19H20ClN5O2/c1-3-27-17-9-6-13(10-18(17)26-2)16-11-15(12-4-7-14(20)8-5-12)21-19-22-23-24-25(16)19/h4-10,15-16H,3,11H2,1-2H3,(H,21,22,24)/t15-,16+/m0/s1. The molecule has 1 aliphatic heterocycles. The molecule has 1 aliphatic rings. The molecule has 3 aromatic rings. The summed E-state index contributed by atoms with van der Waals surface area (Å²) < 4.78 is 12.9. The van der Waals surface area contributed by atoms with Gasteiger partial charge in [-0.3, -0.25) is 0 Å². The quantitative estimate of drug-likeness (QED) is 0.718. The van der Waals surface area contributed by atoms with Gasteiger partial charge in [0.2, 0.25) is 5.95 Å². The lowest BCUT2D eigenvalue weighted by Gasteiger charge is -2.31. The molecule has 0 bridgehead atoms. The maximum Gasteiger partial charge on any atom is 0.243 e. The van der Waals surface area contributed by atoms with Crippen LogP contribution in [-0.2, 0) is 0 Å². The summed E-state index contributed by atoms with van der Waals surface area (Å²) in [7, 11) is 1.64. The maximum absolute atomic E-state index is 6.03. The van der Waals surface area contributed by atoms with Crippen LogP contribution in [0.2, 0.25) is 5.02 Å². The van der Waals surface area contributed by atoms with Gasteiger partial charge in [-0.1, -0.05) is 34.9 Å². The molecule has 4 rings (SSSR count). The van der Waals surface area contributed by atoms with Crippen LogP contribution in [0.5, 0.6) is 11.5 Å². The first-order chi connectivity index (χ1) is 13.2. The van der Waals surface area contributed by atoms with Gasteiger partial charge < -0.3 is 14.8 Å². The van der Waals surface area contributed by atoms with Crippen molar-refractivity contribution in [1.82, 2.24) is 20.2 Å². The molecule has 0 saturated carbocycles. The number of hydrogen-bond donors (Lipinski definition) is 1. The Labute approximate surface area is 162 Å². The van der Waals surface area contributed by atoms with E-state index in [0.29, 0.717) is 23.3 Å². The fraction of sp³-hybridized carbons (Fsp3) is 0.316.